The Balaban J connectivity index is 2.53. The summed E-state index contributed by atoms with van der Waals surface area (Å²) in [7, 11) is 0. The molecule has 1 amide bonds. The Bertz CT molecular complexity index is 493. The predicted octanol–water partition coefficient (Wildman–Crippen LogP) is 0.980. The van der Waals surface area contributed by atoms with Crippen LogP contribution < -0.4 is 5.32 Å². The zero-order chi connectivity index (χ0) is 23.9. The summed E-state index contributed by atoms with van der Waals surface area (Å²) in [5, 5.41) is 52.6. The number of rotatable bonds is 17. The minimum Gasteiger partial charge on any atom is -0.394 e. The average Bonchev–Trinajstić information content (AvgIpc) is 2.78. The minimum absolute atomic E-state index is 0.143. The van der Waals surface area contributed by atoms with Crippen molar-refractivity contribution in [1.82, 2.24) is 5.32 Å². The summed E-state index contributed by atoms with van der Waals surface area (Å²) >= 11 is 0. The van der Waals surface area contributed by atoms with Crippen LogP contribution in [0.5, 0.6) is 0 Å². The molecule has 1 rings (SSSR count). The maximum atomic E-state index is 12.1. The fraction of sp³-hybridized carbons (Fsp3) is 0.957. The van der Waals surface area contributed by atoms with Crippen molar-refractivity contribution >= 4 is 5.91 Å². The Labute approximate surface area is 192 Å². The average molecular weight is 464 g/mol. The highest BCUT2D eigenvalue weighted by Crippen LogP contribution is 2.22. The Hall–Kier alpha value is -0.810. The van der Waals surface area contributed by atoms with E-state index in [1.165, 1.54) is 32.1 Å². The van der Waals surface area contributed by atoms with Gasteiger partial charge in [0.2, 0.25) is 5.91 Å². The Morgan fingerprint density at radius 3 is 2.16 bits per heavy atom. The van der Waals surface area contributed by atoms with Gasteiger partial charge in [-0.3, -0.25) is 4.79 Å². The number of hydrogen-bond acceptors (Lipinski definition) is 8. The van der Waals surface area contributed by atoms with Gasteiger partial charge in [0.15, 0.2) is 6.29 Å². The van der Waals surface area contributed by atoms with Crippen LogP contribution in [-0.4, -0.2) is 87.5 Å². The number of carbonyl (C=O) groups excluding carboxylic acids is 1. The second-order valence-electron chi connectivity index (χ2n) is 8.79. The van der Waals surface area contributed by atoms with Crippen molar-refractivity contribution in [3.63, 3.8) is 0 Å². The van der Waals surface area contributed by atoms with Gasteiger partial charge in [-0.2, -0.15) is 0 Å². The molecule has 1 heterocycles. The van der Waals surface area contributed by atoms with E-state index in [9.17, 15) is 30.3 Å². The molecule has 0 radical (unpaired) electrons. The monoisotopic (exact) mass is 463 g/mol. The molecule has 0 aliphatic carbocycles. The maximum Gasteiger partial charge on any atom is 0.220 e. The molecule has 6 N–H and O–H groups in total. The van der Waals surface area contributed by atoms with Crippen LogP contribution >= 0.6 is 0 Å². The largest absolute Gasteiger partial charge is 0.394 e. The van der Waals surface area contributed by atoms with Gasteiger partial charge < -0.3 is 40.3 Å². The van der Waals surface area contributed by atoms with Crippen molar-refractivity contribution in [3.05, 3.63) is 0 Å². The number of ether oxygens (including phenoxy) is 2. The summed E-state index contributed by atoms with van der Waals surface area (Å²) in [4.78, 5) is 12.1. The van der Waals surface area contributed by atoms with E-state index in [-0.39, 0.29) is 12.5 Å². The molecule has 1 aliphatic rings. The number of nitrogens with one attached hydrogen (secondary N) is 1. The molecular weight excluding hydrogens is 418 g/mol. The first-order valence-electron chi connectivity index (χ1n) is 12.2. The molecule has 0 aromatic carbocycles. The van der Waals surface area contributed by atoms with Gasteiger partial charge in [0.05, 0.1) is 25.4 Å². The van der Waals surface area contributed by atoms with Crippen molar-refractivity contribution in [2.75, 3.05) is 13.2 Å². The van der Waals surface area contributed by atoms with Gasteiger partial charge >= 0.3 is 0 Å². The Morgan fingerprint density at radius 1 is 0.938 bits per heavy atom. The van der Waals surface area contributed by atoms with Crippen molar-refractivity contribution in [2.45, 2.75) is 127 Å². The van der Waals surface area contributed by atoms with Crippen LogP contribution in [0.15, 0.2) is 0 Å². The van der Waals surface area contributed by atoms with E-state index < -0.39 is 49.5 Å². The van der Waals surface area contributed by atoms with Crippen LogP contribution in [0.3, 0.4) is 0 Å². The molecule has 7 atom stereocenters. The summed E-state index contributed by atoms with van der Waals surface area (Å²) in [6.45, 7) is 3.38. The number of aliphatic hydroxyl groups is 5. The quantitative estimate of drug-likeness (QED) is 0.175. The first-order valence-corrected chi connectivity index (χ1v) is 12.2. The molecule has 0 saturated carbocycles. The molecule has 32 heavy (non-hydrogen) atoms. The number of carbonyl (C=O) groups is 1. The third-order valence-corrected chi connectivity index (χ3v) is 5.93. The van der Waals surface area contributed by atoms with Crippen LogP contribution in [-0.2, 0) is 14.3 Å². The van der Waals surface area contributed by atoms with E-state index in [2.05, 4.69) is 12.2 Å². The van der Waals surface area contributed by atoms with Gasteiger partial charge in [0.1, 0.15) is 24.4 Å². The molecule has 0 aromatic heterocycles. The van der Waals surface area contributed by atoms with Crippen LogP contribution in [0, 0.1) is 0 Å². The normalized spacial score (nSPS) is 27.8. The summed E-state index contributed by atoms with van der Waals surface area (Å²) in [6.07, 6.45) is 2.88. The highest BCUT2D eigenvalue weighted by Gasteiger charge is 2.44. The van der Waals surface area contributed by atoms with E-state index in [1.807, 2.05) is 6.92 Å². The van der Waals surface area contributed by atoms with Crippen LogP contribution in [0.25, 0.3) is 0 Å². The summed E-state index contributed by atoms with van der Waals surface area (Å²) in [5.41, 5.74) is 0. The molecule has 190 valence electrons. The molecule has 1 saturated heterocycles. The number of aliphatic hydroxyl groups excluding tert-OH is 5. The van der Waals surface area contributed by atoms with Crippen molar-refractivity contribution in [2.24, 2.45) is 0 Å². The van der Waals surface area contributed by atoms with Crippen LogP contribution in [0.1, 0.15) is 84.5 Å². The number of hydrogen-bond donors (Lipinski definition) is 6. The second kappa shape index (κ2) is 16.7. The fourth-order valence-electron chi connectivity index (χ4n) is 3.85. The van der Waals surface area contributed by atoms with Crippen molar-refractivity contribution < 1.29 is 39.8 Å². The highest BCUT2D eigenvalue weighted by molar-refractivity contribution is 5.76. The molecule has 1 fully saturated rings. The maximum absolute atomic E-state index is 12.1. The summed E-state index contributed by atoms with van der Waals surface area (Å²) in [6, 6.07) is -0.703. The SMILES string of the molecule is CCCCCCCCCCC(O)C(COC1OC(CO)C(O)C(O)C1O)NC(=O)CCC. The van der Waals surface area contributed by atoms with E-state index in [0.29, 0.717) is 19.3 Å². The van der Waals surface area contributed by atoms with Crippen LogP contribution in [0.4, 0.5) is 0 Å². The lowest BCUT2D eigenvalue weighted by atomic mass is 9.99. The lowest BCUT2D eigenvalue weighted by Gasteiger charge is -2.40. The fourth-order valence-corrected chi connectivity index (χ4v) is 3.85. The minimum atomic E-state index is -1.54. The highest BCUT2D eigenvalue weighted by atomic mass is 16.7. The predicted molar refractivity (Wildman–Crippen MR) is 120 cm³/mol. The van der Waals surface area contributed by atoms with E-state index in [1.54, 1.807) is 0 Å². The molecule has 9 nitrogen and oxygen atoms in total. The van der Waals surface area contributed by atoms with Gasteiger partial charge in [-0.1, -0.05) is 65.2 Å². The van der Waals surface area contributed by atoms with E-state index >= 15 is 0 Å². The third-order valence-electron chi connectivity index (χ3n) is 5.93. The molecule has 0 spiro atoms. The van der Waals surface area contributed by atoms with Gasteiger partial charge in [0.25, 0.3) is 0 Å². The molecule has 0 bridgehead atoms. The molecule has 9 heteroatoms. The first-order chi connectivity index (χ1) is 15.3. The van der Waals surface area contributed by atoms with E-state index in [0.717, 1.165) is 19.3 Å². The molecule has 0 aromatic rings. The van der Waals surface area contributed by atoms with E-state index in [4.69, 9.17) is 9.47 Å². The van der Waals surface area contributed by atoms with Crippen molar-refractivity contribution in [3.8, 4) is 0 Å². The lowest BCUT2D eigenvalue weighted by Crippen LogP contribution is -2.60. The Morgan fingerprint density at radius 2 is 1.56 bits per heavy atom. The smallest absolute Gasteiger partial charge is 0.220 e. The topological polar surface area (TPSA) is 149 Å². The van der Waals surface area contributed by atoms with Crippen LogP contribution in [0.2, 0.25) is 0 Å². The number of amides is 1. The lowest BCUT2D eigenvalue weighted by molar-refractivity contribution is -0.302. The molecular formula is C23H45NO8. The number of unbranched alkanes of at least 4 members (excludes halogenated alkanes) is 7. The van der Waals surface area contributed by atoms with Gasteiger partial charge in [0, 0.05) is 6.42 Å². The van der Waals surface area contributed by atoms with Gasteiger partial charge in [-0.05, 0) is 12.8 Å². The standard InChI is InChI=1S/C23H45NO8/c1-3-5-6-7-8-9-10-11-13-17(26)16(24-19(27)12-4-2)15-31-23-22(30)21(29)20(28)18(14-25)32-23/h16-18,20-23,25-26,28-30H,3-15H2,1-2H3,(H,24,27). The summed E-state index contributed by atoms with van der Waals surface area (Å²) < 4.78 is 10.9. The Kier molecular flexibility index (Phi) is 15.3. The zero-order valence-electron chi connectivity index (χ0n) is 19.7. The van der Waals surface area contributed by atoms with Crippen molar-refractivity contribution in [1.29, 1.82) is 0 Å². The zero-order valence-corrected chi connectivity index (χ0v) is 19.7. The van der Waals surface area contributed by atoms with Gasteiger partial charge in [-0.25, -0.2) is 0 Å². The summed E-state index contributed by atoms with van der Waals surface area (Å²) in [5.74, 6) is -0.204. The van der Waals surface area contributed by atoms with Gasteiger partial charge in [-0.15, -0.1) is 0 Å². The second-order valence-corrected chi connectivity index (χ2v) is 8.79. The molecule has 7 unspecified atom stereocenters. The molecule has 1 aliphatic heterocycles. The first kappa shape index (κ1) is 29.2. The third kappa shape index (κ3) is 10.4.